The highest BCUT2D eigenvalue weighted by Crippen LogP contribution is 2.30. The molecule has 2 nitrogen and oxygen atoms in total. The minimum Gasteiger partial charge on any atom is -0.322 e. The number of hydrogen-bond acceptors (Lipinski definition) is 3. The summed E-state index contributed by atoms with van der Waals surface area (Å²) in [6.07, 6.45) is 0. The first kappa shape index (κ1) is 12.1. The fourth-order valence-corrected chi connectivity index (χ4v) is 2.42. The van der Waals surface area contributed by atoms with Crippen molar-refractivity contribution in [1.82, 2.24) is 4.98 Å². The van der Waals surface area contributed by atoms with Crippen molar-refractivity contribution >= 4 is 11.3 Å². The van der Waals surface area contributed by atoms with Crippen molar-refractivity contribution in [2.24, 2.45) is 5.73 Å². The monoisotopic (exact) mass is 254 g/mol. The van der Waals surface area contributed by atoms with Crippen LogP contribution >= 0.6 is 11.3 Å². The Balaban J connectivity index is 2.49. The van der Waals surface area contributed by atoms with Gasteiger partial charge in [-0.2, -0.15) is 0 Å². The average molecular weight is 254 g/mol. The van der Waals surface area contributed by atoms with Gasteiger partial charge in [0.2, 0.25) is 0 Å². The smallest absolute Gasteiger partial charge is 0.159 e. The van der Waals surface area contributed by atoms with E-state index < -0.39 is 11.6 Å². The van der Waals surface area contributed by atoms with Crippen LogP contribution in [0.4, 0.5) is 8.78 Å². The van der Waals surface area contributed by atoms with Crippen molar-refractivity contribution in [2.75, 3.05) is 0 Å². The number of thiazole rings is 1. The summed E-state index contributed by atoms with van der Waals surface area (Å²) < 4.78 is 26.0. The molecule has 2 N–H and O–H groups in total. The molecule has 1 aromatic heterocycles. The second kappa shape index (κ2) is 4.50. The van der Waals surface area contributed by atoms with Crippen molar-refractivity contribution in [3.63, 3.8) is 0 Å². The minimum atomic E-state index is -0.864. The van der Waals surface area contributed by atoms with Gasteiger partial charge in [0.05, 0.1) is 11.7 Å². The number of nitrogens with zero attached hydrogens (tertiary/aromatic N) is 1. The molecule has 2 aromatic rings. The minimum absolute atomic E-state index is 0.155. The Morgan fingerprint density at radius 1 is 1.29 bits per heavy atom. The molecule has 0 saturated heterocycles. The van der Waals surface area contributed by atoms with E-state index in [1.807, 2.05) is 13.8 Å². The molecule has 17 heavy (non-hydrogen) atoms. The number of halogens is 2. The molecule has 0 fully saturated rings. The van der Waals surface area contributed by atoms with Crippen LogP contribution < -0.4 is 5.73 Å². The van der Waals surface area contributed by atoms with Gasteiger partial charge in [-0.25, -0.2) is 13.8 Å². The standard InChI is InChI=1S/C12H12F2N2S/c1-6(15)12-16-11(7(2)17-12)8-3-4-9(13)10(14)5-8/h3-6H,15H2,1-2H3. The highest BCUT2D eigenvalue weighted by atomic mass is 32.1. The Hall–Kier alpha value is -1.33. The SMILES string of the molecule is Cc1sc(C(C)N)nc1-c1ccc(F)c(F)c1. The van der Waals surface area contributed by atoms with Gasteiger partial charge in [0.25, 0.3) is 0 Å². The second-order valence-corrected chi connectivity index (χ2v) is 5.11. The first-order valence-corrected chi connectivity index (χ1v) is 5.99. The summed E-state index contributed by atoms with van der Waals surface area (Å²) in [6, 6.07) is 3.63. The first-order valence-electron chi connectivity index (χ1n) is 5.17. The van der Waals surface area contributed by atoms with Crippen molar-refractivity contribution in [3.8, 4) is 11.3 Å². The summed E-state index contributed by atoms with van der Waals surface area (Å²) in [5.74, 6) is -1.72. The van der Waals surface area contributed by atoms with Crippen LogP contribution in [0.25, 0.3) is 11.3 Å². The maximum Gasteiger partial charge on any atom is 0.159 e. The highest BCUT2D eigenvalue weighted by molar-refractivity contribution is 7.12. The third-order valence-electron chi connectivity index (χ3n) is 2.40. The van der Waals surface area contributed by atoms with Gasteiger partial charge in [0.1, 0.15) is 5.01 Å². The van der Waals surface area contributed by atoms with Crippen molar-refractivity contribution in [3.05, 3.63) is 39.7 Å². The Labute approximate surface area is 102 Å². The maximum atomic E-state index is 13.1. The van der Waals surface area contributed by atoms with E-state index in [9.17, 15) is 8.78 Å². The van der Waals surface area contributed by atoms with Gasteiger partial charge in [-0.05, 0) is 32.0 Å². The number of rotatable bonds is 2. The summed E-state index contributed by atoms with van der Waals surface area (Å²) in [7, 11) is 0. The van der Waals surface area contributed by atoms with Gasteiger partial charge in [-0.15, -0.1) is 11.3 Å². The highest BCUT2D eigenvalue weighted by Gasteiger charge is 2.13. The fourth-order valence-electron chi connectivity index (χ4n) is 1.52. The third-order valence-corrected chi connectivity index (χ3v) is 3.57. The van der Waals surface area contributed by atoms with E-state index in [4.69, 9.17) is 5.73 Å². The lowest BCUT2D eigenvalue weighted by Crippen LogP contribution is -2.03. The largest absolute Gasteiger partial charge is 0.322 e. The summed E-state index contributed by atoms with van der Waals surface area (Å²) in [4.78, 5) is 5.30. The number of nitrogens with two attached hydrogens (primary N) is 1. The zero-order valence-electron chi connectivity index (χ0n) is 9.50. The van der Waals surface area contributed by atoms with Crippen molar-refractivity contribution in [1.29, 1.82) is 0 Å². The normalized spacial score (nSPS) is 12.8. The molecule has 0 aliphatic rings. The number of aromatic nitrogens is 1. The molecule has 0 amide bonds. The van der Waals surface area contributed by atoms with Crippen LogP contribution in [0.2, 0.25) is 0 Å². The molecule has 1 unspecified atom stereocenters. The Morgan fingerprint density at radius 3 is 2.53 bits per heavy atom. The summed E-state index contributed by atoms with van der Waals surface area (Å²) in [6.45, 7) is 3.73. The van der Waals surface area contributed by atoms with Gasteiger partial charge < -0.3 is 5.73 Å². The molecule has 0 aliphatic heterocycles. The lowest BCUT2D eigenvalue weighted by molar-refractivity contribution is 0.509. The molecular weight excluding hydrogens is 242 g/mol. The van der Waals surface area contributed by atoms with E-state index in [1.54, 1.807) is 0 Å². The van der Waals surface area contributed by atoms with Crippen molar-refractivity contribution < 1.29 is 8.78 Å². The molecule has 2 rings (SSSR count). The van der Waals surface area contributed by atoms with Gasteiger partial charge in [-0.3, -0.25) is 0 Å². The molecule has 1 atom stereocenters. The fraction of sp³-hybridized carbons (Fsp3) is 0.250. The van der Waals surface area contributed by atoms with E-state index in [0.29, 0.717) is 11.3 Å². The topological polar surface area (TPSA) is 38.9 Å². The summed E-state index contributed by atoms with van der Waals surface area (Å²) in [5, 5.41) is 0.794. The van der Waals surface area contributed by atoms with Crippen LogP contribution in [-0.2, 0) is 0 Å². The predicted octanol–water partition coefficient (Wildman–Crippen LogP) is 3.42. The number of benzene rings is 1. The summed E-state index contributed by atoms with van der Waals surface area (Å²) >= 11 is 1.48. The Bertz CT molecular complexity index is 549. The maximum absolute atomic E-state index is 13.1. The van der Waals surface area contributed by atoms with Crippen LogP contribution in [0.5, 0.6) is 0 Å². The third kappa shape index (κ3) is 2.35. The molecule has 90 valence electrons. The van der Waals surface area contributed by atoms with Crippen LogP contribution in [0.3, 0.4) is 0 Å². The van der Waals surface area contributed by atoms with Crippen LogP contribution in [-0.4, -0.2) is 4.98 Å². The quantitative estimate of drug-likeness (QED) is 0.891. The number of hydrogen-bond donors (Lipinski definition) is 1. The van der Waals surface area contributed by atoms with E-state index in [1.165, 1.54) is 17.4 Å². The Kier molecular flexibility index (Phi) is 3.22. The van der Waals surface area contributed by atoms with Gasteiger partial charge in [0.15, 0.2) is 11.6 Å². The second-order valence-electron chi connectivity index (χ2n) is 3.87. The molecular formula is C12H12F2N2S. The lowest BCUT2D eigenvalue weighted by Gasteiger charge is -2.00. The zero-order chi connectivity index (χ0) is 12.6. The van der Waals surface area contributed by atoms with Crippen LogP contribution in [0, 0.1) is 18.6 Å². The molecule has 1 heterocycles. The van der Waals surface area contributed by atoms with E-state index in [2.05, 4.69) is 4.98 Å². The molecule has 0 spiro atoms. The van der Waals surface area contributed by atoms with Gasteiger partial charge >= 0.3 is 0 Å². The van der Waals surface area contributed by atoms with E-state index >= 15 is 0 Å². The predicted molar refractivity (Wildman–Crippen MR) is 64.8 cm³/mol. The van der Waals surface area contributed by atoms with Crippen LogP contribution in [0.1, 0.15) is 22.9 Å². The van der Waals surface area contributed by atoms with Gasteiger partial charge in [0, 0.05) is 10.4 Å². The molecule has 0 bridgehead atoms. The van der Waals surface area contributed by atoms with E-state index in [0.717, 1.165) is 22.0 Å². The average Bonchev–Trinajstić information content (AvgIpc) is 2.65. The zero-order valence-corrected chi connectivity index (χ0v) is 10.3. The summed E-state index contributed by atoms with van der Waals surface area (Å²) in [5.41, 5.74) is 6.98. The van der Waals surface area contributed by atoms with Crippen molar-refractivity contribution in [2.45, 2.75) is 19.9 Å². The number of aryl methyl sites for hydroxylation is 1. The lowest BCUT2D eigenvalue weighted by atomic mass is 10.1. The Morgan fingerprint density at radius 2 is 2.00 bits per heavy atom. The van der Waals surface area contributed by atoms with Crippen LogP contribution in [0.15, 0.2) is 18.2 Å². The molecule has 0 aliphatic carbocycles. The first-order chi connectivity index (χ1) is 7.99. The molecule has 5 heteroatoms. The van der Waals surface area contributed by atoms with Gasteiger partial charge in [-0.1, -0.05) is 0 Å². The molecule has 1 aromatic carbocycles. The van der Waals surface area contributed by atoms with E-state index in [-0.39, 0.29) is 6.04 Å². The molecule has 0 radical (unpaired) electrons. The molecule has 0 saturated carbocycles.